The molecule has 0 radical (unpaired) electrons. The Hall–Kier alpha value is -4.19. The molecule has 8 rings (SSSR count). The molecule has 4 aromatic carbocycles. The molecule has 0 N–H and O–H groups in total. The van der Waals surface area contributed by atoms with Gasteiger partial charge in [-0.1, -0.05) is 36.4 Å². The van der Waals surface area contributed by atoms with Gasteiger partial charge in [0, 0.05) is 21.7 Å². The molecule has 4 heterocycles. The molecule has 0 atom stereocenters. The lowest BCUT2D eigenvalue weighted by atomic mass is 9.49. The molecule has 0 aliphatic carbocycles. The van der Waals surface area contributed by atoms with Gasteiger partial charge in [-0.2, -0.15) is 0 Å². The summed E-state index contributed by atoms with van der Waals surface area (Å²) in [6.45, 7) is -0.174. The van der Waals surface area contributed by atoms with Crippen LogP contribution in [-0.4, -0.2) is 16.1 Å². The second-order valence-corrected chi connectivity index (χ2v) is 8.12. The van der Waals surface area contributed by atoms with Crippen molar-refractivity contribution in [2.45, 2.75) is 0 Å². The summed E-state index contributed by atoms with van der Waals surface area (Å²) in [4.78, 5) is 13.4. The van der Waals surface area contributed by atoms with Gasteiger partial charge in [0.05, 0.1) is 16.6 Å². The molecular formula is C25H13BN2O3. The van der Waals surface area contributed by atoms with Gasteiger partial charge in [0.15, 0.2) is 0 Å². The number of ether oxygens (including phenoxy) is 1. The number of furan rings is 1. The Balaban J connectivity index is 1.62. The molecular weight excluding hydrogens is 387 g/mol. The highest BCUT2D eigenvalue weighted by atomic mass is 16.5. The Labute approximate surface area is 175 Å². The van der Waals surface area contributed by atoms with Crippen LogP contribution in [0.5, 0.6) is 11.5 Å². The SMILES string of the molecule is O=c1c2ccccc2n2n1-c1cccc3c1B2c1c(ccc2oc4ccccc4c12)O3. The summed E-state index contributed by atoms with van der Waals surface area (Å²) in [5.74, 6) is 1.59. The topological polar surface area (TPSA) is 49.3 Å². The Morgan fingerprint density at radius 1 is 0.710 bits per heavy atom. The lowest BCUT2D eigenvalue weighted by Gasteiger charge is -2.24. The molecule has 0 saturated heterocycles. The first kappa shape index (κ1) is 15.6. The van der Waals surface area contributed by atoms with Crippen molar-refractivity contribution in [1.29, 1.82) is 0 Å². The van der Waals surface area contributed by atoms with E-state index in [2.05, 4.69) is 10.7 Å². The van der Waals surface area contributed by atoms with Crippen LogP contribution < -0.4 is 21.2 Å². The number of fused-ring (bicyclic) bond motifs is 11. The Kier molecular flexibility index (Phi) is 2.57. The fraction of sp³-hybridized carbons (Fsp3) is 0. The smallest absolute Gasteiger partial charge is 0.357 e. The molecule has 5 nitrogen and oxygen atoms in total. The van der Waals surface area contributed by atoms with Gasteiger partial charge in [-0.05, 0) is 42.5 Å². The minimum absolute atomic E-state index is 0.0100. The van der Waals surface area contributed by atoms with Crippen LogP contribution in [0.4, 0.5) is 0 Å². The van der Waals surface area contributed by atoms with E-state index in [0.717, 1.165) is 61.0 Å². The van der Waals surface area contributed by atoms with Gasteiger partial charge in [0.25, 0.3) is 5.56 Å². The molecule has 2 aromatic heterocycles. The summed E-state index contributed by atoms with van der Waals surface area (Å²) in [6.07, 6.45) is 0. The van der Waals surface area contributed by atoms with Gasteiger partial charge in [0.2, 0.25) is 0 Å². The average molecular weight is 400 g/mol. The van der Waals surface area contributed by atoms with Crippen LogP contribution in [-0.2, 0) is 0 Å². The van der Waals surface area contributed by atoms with Crippen molar-refractivity contribution in [2.75, 3.05) is 0 Å². The minimum Gasteiger partial charge on any atom is -0.458 e. The van der Waals surface area contributed by atoms with E-state index in [4.69, 9.17) is 9.15 Å². The predicted octanol–water partition coefficient (Wildman–Crippen LogP) is 3.76. The molecule has 0 fully saturated rings. The van der Waals surface area contributed by atoms with Crippen molar-refractivity contribution in [1.82, 2.24) is 9.27 Å². The number of para-hydroxylation sites is 2. The highest BCUT2D eigenvalue weighted by molar-refractivity contribution is 6.89. The standard InChI is InChI=1S/C25H13BN2O3/c29-25-14-6-1-3-8-16(14)28-26-23-17(27(25)28)9-5-11-20(23)31-21-13-12-19-22(24(21)26)15-7-2-4-10-18(15)30-19/h1-13H. The summed E-state index contributed by atoms with van der Waals surface area (Å²) in [6, 6.07) is 25.7. The van der Waals surface area contributed by atoms with Gasteiger partial charge in [-0.25, -0.2) is 4.68 Å². The molecule has 0 saturated carbocycles. The number of aromatic nitrogens is 2. The first-order chi connectivity index (χ1) is 15.3. The van der Waals surface area contributed by atoms with Crippen molar-refractivity contribution < 1.29 is 9.15 Å². The molecule has 6 heteroatoms. The van der Waals surface area contributed by atoms with E-state index in [1.807, 2.05) is 72.8 Å². The number of benzene rings is 4. The minimum atomic E-state index is -0.174. The molecule has 6 aromatic rings. The maximum Gasteiger partial charge on any atom is 0.357 e. The first-order valence-corrected chi connectivity index (χ1v) is 10.3. The summed E-state index contributed by atoms with van der Waals surface area (Å²) in [7, 11) is 0. The van der Waals surface area contributed by atoms with Crippen LogP contribution in [0.2, 0.25) is 0 Å². The van der Waals surface area contributed by atoms with Crippen molar-refractivity contribution >= 4 is 50.6 Å². The van der Waals surface area contributed by atoms with E-state index in [9.17, 15) is 4.79 Å². The molecule has 0 unspecified atom stereocenters. The van der Waals surface area contributed by atoms with Gasteiger partial charge >= 0.3 is 6.85 Å². The molecule has 2 aliphatic rings. The zero-order valence-corrected chi connectivity index (χ0v) is 16.2. The quantitative estimate of drug-likeness (QED) is 0.364. The van der Waals surface area contributed by atoms with Gasteiger partial charge in [-0.3, -0.25) is 4.79 Å². The number of rotatable bonds is 0. The molecule has 0 bridgehead atoms. The fourth-order valence-corrected chi connectivity index (χ4v) is 5.43. The first-order valence-electron chi connectivity index (χ1n) is 10.3. The van der Waals surface area contributed by atoms with Crippen LogP contribution >= 0.6 is 0 Å². The van der Waals surface area contributed by atoms with Crippen LogP contribution in [0.15, 0.2) is 88.1 Å². The van der Waals surface area contributed by atoms with Crippen molar-refractivity contribution in [2.24, 2.45) is 0 Å². The summed E-state index contributed by atoms with van der Waals surface area (Å²) < 4.78 is 16.5. The van der Waals surface area contributed by atoms with E-state index in [-0.39, 0.29) is 12.4 Å². The summed E-state index contributed by atoms with van der Waals surface area (Å²) >= 11 is 0. The summed E-state index contributed by atoms with van der Waals surface area (Å²) in [5.41, 5.74) is 5.50. The molecule has 2 aliphatic heterocycles. The van der Waals surface area contributed by atoms with E-state index in [0.29, 0.717) is 0 Å². The fourth-order valence-electron chi connectivity index (χ4n) is 5.43. The highest BCUT2D eigenvalue weighted by Crippen LogP contribution is 2.37. The molecule has 144 valence electrons. The normalized spacial score (nSPS) is 13.5. The predicted molar refractivity (Wildman–Crippen MR) is 122 cm³/mol. The lowest BCUT2D eigenvalue weighted by molar-refractivity contribution is 0.488. The second-order valence-electron chi connectivity index (χ2n) is 8.12. The Bertz CT molecular complexity index is 1810. The zero-order valence-electron chi connectivity index (χ0n) is 16.2. The Morgan fingerprint density at radius 3 is 2.45 bits per heavy atom. The van der Waals surface area contributed by atoms with Crippen LogP contribution in [0.3, 0.4) is 0 Å². The maximum atomic E-state index is 13.4. The maximum absolute atomic E-state index is 13.4. The molecule has 0 spiro atoms. The summed E-state index contributed by atoms with van der Waals surface area (Å²) in [5, 5.41) is 2.81. The number of hydrogen-bond acceptors (Lipinski definition) is 3. The van der Waals surface area contributed by atoms with Crippen LogP contribution in [0.1, 0.15) is 0 Å². The Morgan fingerprint density at radius 2 is 1.52 bits per heavy atom. The molecule has 0 amide bonds. The third kappa shape index (κ3) is 1.70. The van der Waals surface area contributed by atoms with Crippen molar-refractivity contribution in [3.05, 3.63) is 89.2 Å². The van der Waals surface area contributed by atoms with Crippen molar-refractivity contribution in [3.63, 3.8) is 0 Å². The number of nitrogens with zero attached hydrogens (tertiary/aromatic N) is 2. The van der Waals surface area contributed by atoms with Crippen LogP contribution in [0.25, 0.3) is 38.5 Å². The van der Waals surface area contributed by atoms with Crippen molar-refractivity contribution in [3.8, 4) is 17.2 Å². The van der Waals surface area contributed by atoms with Crippen LogP contribution in [0, 0.1) is 0 Å². The van der Waals surface area contributed by atoms with E-state index in [1.54, 1.807) is 4.68 Å². The largest absolute Gasteiger partial charge is 0.458 e. The van der Waals surface area contributed by atoms with Gasteiger partial charge < -0.3 is 13.7 Å². The third-order valence-corrected chi connectivity index (χ3v) is 6.62. The zero-order chi connectivity index (χ0) is 20.3. The number of hydrogen-bond donors (Lipinski definition) is 0. The van der Waals surface area contributed by atoms with Gasteiger partial charge in [-0.15, -0.1) is 0 Å². The highest BCUT2D eigenvalue weighted by Gasteiger charge is 2.45. The third-order valence-electron chi connectivity index (χ3n) is 6.62. The van der Waals surface area contributed by atoms with E-state index >= 15 is 0 Å². The van der Waals surface area contributed by atoms with E-state index < -0.39 is 0 Å². The monoisotopic (exact) mass is 400 g/mol. The average Bonchev–Trinajstić information content (AvgIpc) is 3.44. The van der Waals surface area contributed by atoms with E-state index in [1.165, 1.54) is 0 Å². The lowest BCUT2D eigenvalue weighted by Crippen LogP contribution is -2.49. The molecule has 31 heavy (non-hydrogen) atoms. The van der Waals surface area contributed by atoms with Gasteiger partial charge in [0.1, 0.15) is 22.7 Å². The second kappa shape index (κ2) is 5.10.